The number of rotatable bonds is 9. The zero-order valence-corrected chi connectivity index (χ0v) is 22.6. The minimum Gasteiger partial charge on any atom is -0.497 e. The maximum Gasteiger partial charge on any atom is 0.294 e. The minimum absolute atomic E-state index is 0.152. The van der Waals surface area contributed by atoms with Gasteiger partial charge in [-0.15, -0.1) is 0 Å². The fraction of sp³-hybridized carbons (Fsp3) is 0.143. The van der Waals surface area contributed by atoms with Gasteiger partial charge in [0.25, 0.3) is 17.1 Å². The van der Waals surface area contributed by atoms with Gasteiger partial charge in [0.1, 0.15) is 18.0 Å². The Kier molecular flexibility index (Phi) is 8.90. The molecule has 11 heteroatoms. The lowest BCUT2D eigenvalue weighted by Crippen LogP contribution is -2.36. The highest BCUT2D eigenvalue weighted by atomic mass is 35.5. The van der Waals surface area contributed by atoms with Crippen LogP contribution in [0, 0.1) is 6.92 Å². The Balaban J connectivity index is 1.33. The molecule has 2 N–H and O–H groups in total. The monoisotopic (exact) mass is 565 g/mol. The Hall–Kier alpha value is -4.28. The SMILES string of the molecule is COc1ccc(NC(=O)CN2C(=O)S/C(=C/c3ccc(OCC(=O)Nc4ccc(C)cc4)c(Cl)c3)C2=O)cc1. The van der Waals surface area contributed by atoms with Crippen molar-refractivity contribution < 1.29 is 28.7 Å². The normalized spacial score (nSPS) is 13.9. The van der Waals surface area contributed by atoms with Crippen LogP contribution in [0.1, 0.15) is 11.1 Å². The predicted octanol–water partition coefficient (Wildman–Crippen LogP) is 5.35. The molecule has 4 amide bonds. The maximum atomic E-state index is 12.8. The number of carbonyl (C=O) groups is 4. The summed E-state index contributed by atoms with van der Waals surface area (Å²) in [4.78, 5) is 50.8. The largest absolute Gasteiger partial charge is 0.497 e. The van der Waals surface area contributed by atoms with Crippen LogP contribution in [0.5, 0.6) is 11.5 Å². The van der Waals surface area contributed by atoms with E-state index in [9.17, 15) is 19.2 Å². The van der Waals surface area contributed by atoms with Gasteiger partial charge in [-0.2, -0.15) is 0 Å². The fourth-order valence-electron chi connectivity index (χ4n) is 3.51. The molecule has 1 aliphatic rings. The Morgan fingerprint density at radius 2 is 1.59 bits per heavy atom. The number of nitrogens with zero attached hydrogens (tertiary/aromatic N) is 1. The van der Waals surface area contributed by atoms with Gasteiger partial charge in [-0.05, 0) is 78.9 Å². The van der Waals surface area contributed by atoms with Crippen molar-refractivity contribution >= 4 is 63.8 Å². The number of methoxy groups -OCH3 is 1. The number of benzene rings is 3. The summed E-state index contributed by atoms with van der Waals surface area (Å²) in [6.45, 7) is 1.28. The van der Waals surface area contributed by atoms with Gasteiger partial charge in [0.2, 0.25) is 5.91 Å². The molecule has 1 aliphatic heterocycles. The summed E-state index contributed by atoms with van der Waals surface area (Å²) in [5.74, 6) is -0.522. The van der Waals surface area contributed by atoms with Gasteiger partial charge >= 0.3 is 0 Å². The second-order valence-electron chi connectivity index (χ2n) is 8.44. The van der Waals surface area contributed by atoms with E-state index in [1.165, 1.54) is 13.2 Å². The molecule has 0 bridgehead atoms. The number of carbonyl (C=O) groups excluding carboxylic acids is 4. The van der Waals surface area contributed by atoms with Crippen LogP contribution in [-0.2, 0) is 14.4 Å². The molecule has 0 aromatic heterocycles. The third kappa shape index (κ3) is 7.40. The lowest BCUT2D eigenvalue weighted by Gasteiger charge is -2.12. The molecule has 200 valence electrons. The summed E-state index contributed by atoms with van der Waals surface area (Å²) in [7, 11) is 1.53. The molecule has 0 radical (unpaired) electrons. The molecular weight excluding hydrogens is 542 g/mol. The molecule has 0 atom stereocenters. The van der Waals surface area contributed by atoms with Crippen molar-refractivity contribution in [1.82, 2.24) is 4.90 Å². The minimum atomic E-state index is -0.584. The van der Waals surface area contributed by atoms with Crippen molar-refractivity contribution in [3.8, 4) is 11.5 Å². The van der Waals surface area contributed by atoms with Gasteiger partial charge in [0.05, 0.1) is 17.0 Å². The maximum absolute atomic E-state index is 12.8. The Morgan fingerprint density at radius 3 is 2.23 bits per heavy atom. The number of ether oxygens (including phenoxy) is 2. The molecule has 0 spiro atoms. The number of imide groups is 1. The summed E-state index contributed by atoms with van der Waals surface area (Å²) in [6.07, 6.45) is 1.51. The van der Waals surface area contributed by atoms with Crippen LogP contribution in [-0.4, -0.2) is 48.1 Å². The zero-order chi connectivity index (χ0) is 27.9. The molecule has 0 saturated carbocycles. The third-order valence-corrected chi connectivity index (χ3v) is 6.70. The highest BCUT2D eigenvalue weighted by Gasteiger charge is 2.36. The number of nitrogens with one attached hydrogen (secondary N) is 2. The standard InChI is InChI=1S/C28H24ClN3O6S/c1-17-3-6-19(7-4-17)31-26(34)16-38-23-12-5-18(13-22(23)29)14-24-27(35)32(28(36)39-24)15-25(33)30-20-8-10-21(37-2)11-9-20/h3-14H,15-16H2,1-2H3,(H,30,33)(H,31,34)/b24-14+. The van der Waals surface area contributed by atoms with Gasteiger partial charge in [-0.1, -0.05) is 35.4 Å². The average molecular weight is 566 g/mol. The number of amides is 4. The van der Waals surface area contributed by atoms with Gasteiger partial charge in [0, 0.05) is 11.4 Å². The number of anilines is 2. The van der Waals surface area contributed by atoms with Crippen molar-refractivity contribution in [2.75, 3.05) is 30.9 Å². The van der Waals surface area contributed by atoms with E-state index in [-0.39, 0.29) is 28.2 Å². The van der Waals surface area contributed by atoms with Crippen molar-refractivity contribution in [1.29, 1.82) is 0 Å². The zero-order valence-electron chi connectivity index (χ0n) is 21.0. The summed E-state index contributed by atoms with van der Waals surface area (Å²) < 4.78 is 10.6. The van der Waals surface area contributed by atoms with E-state index in [0.717, 1.165) is 22.2 Å². The Morgan fingerprint density at radius 1 is 0.949 bits per heavy atom. The van der Waals surface area contributed by atoms with E-state index < -0.39 is 23.6 Å². The highest BCUT2D eigenvalue weighted by molar-refractivity contribution is 8.18. The Labute approximate surface area is 234 Å². The van der Waals surface area contributed by atoms with Crippen LogP contribution >= 0.6 is 23.4 Å². The topological polar surface area (TPSA) is 114 Å². The van der Waals surface area contributed by atoms with E-state index >= 15 is 0 Å². The first-order valence-corrected chi connectivity index (χ1v) is 12.9. The van der Waals surface area contributed by atoms with E-state index in [2.05, 4.69) is 10.6 Å². The van der Waals surface area contributed by atoms with Crippen molar-refractivity contribution in [3.63, 3.8) is 0 Å². The van der Waals surface area contributed by atoms with Crippen molar-refractivity contribution in [2.24, 2.45) is 0 Å². The first kappa shape index (κ1) is 27.7. The number of thioether (sulfide) groups is 1. The summed E-state index contributed by atoms with van der Waals surface area (Å²) >= 11 is 7.05. The molecule has 4 rings (SSSR count). The fourth-order valence-corrected chi connectivity index (χ4v) is 4.59. The second-order valence-corrected chi connectivity index (χ2v) is 9.84. The molecular formula is C28H24ClN3O6S. The molecule has 0 unspecified atom stereocenters. The van der Waals surface area contributed by atoms with Gasteiger partial charge in [-0.25, -0.2) is 0 Å². The molecule has 3 aromatic rings. The van der Waals surface area contributed by atoms with Crippen LogP contribution in [0.15, 0.2) is 71.6 Å². The van der Waals surface area contributed by atoms with E-state index in [0.29, 0.717) is 22.7 Å². The van der Waals surface area contributed by atoms with Crippen LogP contribution in [0.25, 0.3) is 6.08 Å². The van der Waals surface area contributed by atoms with Crippen LogP contribution in [0.3, 0.4) is 0 Å². The van der Waals surface area contributed by atoms with Gasteiger partial charge in [0.15, 0.2) is 6.61 Å². The first-order valence-electron chi connectivity index (χ1n) is 11.7. The van der Waals surface area contributed by atoms with Crippen molar-refractivity contribution in [3.05, 3.63) is 87.8 Å². The molecule has 1 fully saturated rings. The molecule has 1 saturated heterocycles. The first-order chi connectivity index (χ1) is 18.7. The second kappa shape index (κ2) is 12.5. The number of halogens is 1. The average Bonchev–Trinajstić information content (AvgIpc) is 3.17. The summed E-state index contributed by atoms with van der Waals surface area (Å²) in [5.41, 5.74) is 2.79. The van der Waals surface area contributed by atoms with E-state index in [4.69, 9.17) is 21.1 Å². The smallest absolute Gasteiger partial charge is 0.294 e. The lowest BCUT2D eigenvalue weighted by molar-refractivity contribution is -0.127. The predicted molar refractivity (Wildman–Crippen MR) is 151 cm³/mol. The number of hydrogen-bond acceptors (Lipinski definition) is 7. The van der Waals surface area contributed by atoms with E-state index in [1.54, 1.807) is 54.6 Å². The van der Waals surface area contributed by atoms with Gasteiger partial charge in [-0.3, -0.25) is 24.1 Å². The number of aryl methyl sites for hydroxylation is 1. The molecule has 39 heavy (non-hydrogen) atoms. The molecule has 3 aromatic carbocycles. The van der Waals surface area contributed by atoms with Crippen LogP contribution in [0.2, 0.25) is 5.02 Å². The van der Waals surface area contributed by atoms with Crippen LogP contribution in [0.4, 0.5) is 16.2 Å². The quantitative estimate of drug-likeness (QED) is 0.336. The molecule has 9 nitrogen and oxygen atoms in total. The van der Waals surface area contributed by atoms with E-state index in [1.807, 2.05) is 19.1 Å². The lowest BCUT2D eigenvalue weighted by atomic mass is 10.2. The Bertz CT molecular complexity index is 1440. The summed E-state index contributed by atoms with van der Waals surface area (Å²) in [6, 6.07) is 18.8. The summed E-state index contributed by atoms with van der Waals surface area (Å²) in [5, 5.41) is 5.05. The third-order valence-electron chi connectivity index (χ3n) is 5.50. The van der Waals surface area contributed by atoms with Crippen molar-refractivity contribution in [2.45, 2.75) is 6.92 Å². The van der Waals surface area contributed by atoms with Gasteiger partial charge < -0.3 is 20.1 Å². The highest BCUT2D eigenvalue weighted by Crippen LogP contribution is 2.34. The molecule has 0 aliphatic carbocycles. The molecule has 1 heterocycles. The van der Waals surface area contributed by atoms with Crippen LogP contribution < -0.4 is 20.1 Å². The number of hydrogen-bond donors (Lipinski definition) is 2.